The van der Waals surface area contributed by atoms with Crippen LogP contribution < -0.4 is 9.47 Å². The SMILES string of the molecule is C=CCOc1ccc(/C(O)=C2/C(=O)C(=O)N(CCCN3CCOCC3)C2c2ccc(OC)cc2)c(C)c1. The number of aliphatic hydroxyl groups is 1. The number of hydrogen-bond acceptors (Lipinski definition) is 7. The molecule has 0 bridgehead atoms. The van der Waals surface area contributed by atoms with Crippen molar-refractivity contribution in [3.8, 4) is 11.5 Å². The highest BCUT2D eigenvalue weighted by Crippen LogP contribution is 2.40. The number of ether oxygens (including phenoxy) is 3. The monoisotopic (exact) mass is 506 g/mol. The Bertz CT molecular complexity index is 1170. The largest absolute Gasteiger partial charge is 0.507 e. The topological polar surface area (TPSA) is 88.5 Å². The maximum atomic E-state index is 13.3. The van der Waals surface area contributed by atoms with Gasteiger partial charge in [0.2, 0.25) is 0 Å². The molecule has 2 aromatic carbocycles. The number of methoxy groups -OCH3 is 1. The zero-order valence-corrected chi connectivity index (χ0v) is 21.4. The number of rotatable bonds is 10. The van der Waals surface area contributed by atoms with Gasteiger partial charge in [0.25, 0.3) is 11.7 Å². The zero-order valence-electron chi connectivity index (χ0n) is 21.4. The molecule has 0 saturated carbocycles. The van der Waals surface area contributed by atoms with Gasteiger partial charge in [-0.3, -0.25) is 14.5 Å². The number of amides is 1. The first-order chi connectivity index (χ1) is 17.9. The quantitative estimate of drug-likeness (QED) is 0.227. The Hall–Kier alpha value is -3.62. The van der Waals surface area contributed by atoms with Crippen LogP contribution in [0.2, 0.25) is 0 Å². The van der Waals surface area contributed by atoms with Gasteiger partial charge in [-0.05, 0) is 54.8 Å². The molecule has 2 saturated heterocycles. The van der Waals surface area contributed by atoms with E-state index in [9.17, 15) is 14.7 Å². The summed E-state index contributed by atoms with van der Waals surface area (Å²) in [5.74, 6) is -0.185. The summed E-state index contributed by atoms with van der Waals surface area (Å²) in [4.78, 5) is 30.4. The van der Waals surface area contributed by atoms with E-state index in [4.69, 9.17) is 14.2 Å². The normalized spacial score (nSPS) is 19.7. The summed E-state index contributed by atoms with van der Waals surface area (Å²) >= 11 is 0. The number of carbonyl (C=O) groups is 2. The molecule has 4 rings (SSSR count). The summed E-state index contributed by atoms with van der Waals surface area (Å²) in [7, 11) is 1.58. The molecule has 0 aliphatic carbocycles. The molecule has 2 fully saturated rings. The third kappa shape index (κ3) is 5.87. The molecule has 1 amide bonds. The van der Waals surface area contributed by atoms with E-state index in [1.807, 2.05) is 19.1 Å². The summed E-state index contributed by atoms with van der Waals surface area (Å²) in [6.45, 7) is 10.1. The van der Waals surface area contributed by atoms with Crippen molar-refractivity contribution in [3.63, 3.8) is 0 Å². The zero-order chi connectivity index (χ0) is 26.4. The highest BCUT2D eigenvalue weighted by Gasteiger charge is 2.46. The lowest BCUT2D eigenvalue weighted by molar-refractivity contribution is -0.140. The first-order valence-electron chi connectivity index (χ1n) is 12.5. The van der Waals surface area contributed by atoms with Crippen molar-refractivity contribution in [2.24, 2.45) is 0 Å². The number of hydrogen-bond donors (Lipinski definition) is 1. The van der Waals surface area contributed by atoms with E-state index in [1.54, 1.807) is 48.4 Å². The molecule has 37 heavy (non-hydrogen) atoms. The molecule has 2 aliphatic rings. The summed E-state index contributed by atoms with van der Waals surface area (Å²) in [6, 6.07) is 11.8. The Morgan fingerprint density at radius 2 is 1.81 bits per heavy atom. The van der Waals surface area contributed by atoms with E-state index in [0.717, 1.165) is 30.8 Å². The van der Waals surface area contributed by atoms with Crippen LogP contribution >= 0.6 is 0 Å². The molecule has 0 spiro atoms. The van der Waals surface area contributed by atoms with Crippen molar-refractivity contribution in [1.29, 1.82) is 0 Å². The smallest absolute Gasteiger partial charge is 0.295 e. The molecule has 2 heterocycles. The highest BCUT2D eigenvalue weighted by molar-refractivity contribution is 6.46. The molecule has 1 unspecified atom stereocenters. The van der Waals surface area contributed by atoms with Crippen LogP contribution in [0.1, 0.15) is 29.2 Å². The minimum Gasteiger partial charge on any atom is -0.507 e. The molecule has 1 N–H and O–H groups in total. The number of nitrogens with zero attached hydrogens (tertiary/aromatic N) is 2. The van der Waals surface area contributed by atoms with Crippen molar-refractivity contribution in [1.82, 2.24) is 9.80 Å². The number of carbonyl (C=O) groups excluding carboxylic acids is 2. The molecule has 1 atom stereocenters. The predicted octanol–water partition coefficient (Wildman–Crippen LogP) is 3.71. The Labute approximate surface area is 217 Å². The van der Waals surface area contributed by atoms with Crippen LogP contribution in [-0.4, -0.2) is 79.7 Å². The van der Waals surface area contributed by atoms with Gasteiger partial charge in [0.05, 0.1) is 31.9 Å². The standard InChI is InChI=1S/C29H34N2O6/c1-4-16-37-23-10-11-24(20(2)19-23)27(32)25-26(21-6-8-22(35-3)9-7-21)31(29(34)28(25)33)13-5-12-30-14-17-36-18-15-30/h4,6-11,19,26,32H,1,5,12-18H2,2-3H3/b27-25-. The van der Waals surface area contributed by atoms with Crippen LogP contribution in [0.5, 0.6) is 11.5 Å². The summed E-state index contributed by atoms with van der Waals surface area (Å²) in [5, 5.41) is 11.4. The third-order valence-electron chi connectivity index (χ3n) is 6.77. The lowest BCUT2D eigenvalue weighted by Gasteiger charge is -2.29. The van der Waals surface area contributed by atoms with E-state index in [0.29, 0.717) is 49.8 Å². The van der Waals surface area contributed by atoms with Crippen LogP contribution in [-0.2, 0) is 14.3 Å². The van der Waals surface area contributed by atoms with E-state index >= 15 is 0 Å². The van der Waals surface area contributed by atoms with Crippen molar-refractivity contribution < 1.29 is 28.9 Å². The van der Waals surface area contributed by atoms with Gasteiger partial charge in [-0.2, -0.15) is 0 Å². The number of morpholine rings is 1. The fourth-order valence-electron chi connectivity index (χ4n) is 4.82. The fourth-order valence-corrected chi connectivity index (χ4v) is 4.82. The Balaban J connectivity index is 1.68. The summed E-state index contributed by atoms with van der Waals surface area (Å²) < 4.78 is 16.3. The summed E-state index contributed by atoms with van der Waals surface area (Å²) in [6.07, 6.45) is 2.35. The molecular weight excluding hydrogens is 472 g/mol. The van der Waals surface area contributed by atoms with Crippen molar-refractivity contribution in [2.45, 2.75) is 19.4 Å². The van der Waals surface area contributed by atoms with Gasteiger partial charge >= 0.3 is 0 Å². The van der Waals surface area contributed by atoms with Gasteiger partial charge in [0.1, 0.15) is 23.9 Å². The van der Waals surface area contributed by atoms with Gasteiger partial charge in [0.15, 0.2) is 0 Å². The third-order valence-corrected chi connectivity index (χ3v) is 6.77. The second-order valence-corrected chi connectivity index (χ2v) is 9.15. The average molecular weight is 507 g/mol. The number of aryl methyl sites for hydroxylation is 1. The van der Waals surface area contributed by atoms with Gasteiger partial charge in [-0.25, -0.2) is 0 Å². The lowest BCUT2D eigenvalue weighted by Crippen LogP contribution is -2.38. The van der Waals surface area contributed by atoms with Crippen molar-refractivity contribution in [2.75, 3.05) is 53.1 Å². The molecule has 2 aromatic rings. The highest BCUT2D eigenvalue weighted by atomic mass is 16.5. The van der Waals surface area contributed by atoms with Crippen molar-refractivity contribution >= 4 is 17.4 Å². The number of Topliss-reactive ketones (excluding diaryl/α,β-unsaturated/α-hetero) is 1. The first-order valence-corrected chi connectivity index (χ1v) is 12.5. The maximum Gasteiger partial charge on any atom is 0.295 e. The van der Waals surface area contributed by atoms with Gasteiger partial charge in [0, 0.05) is 31.7 Å². The lowest BCUT2D eigenvalue weighted by atomic mass is 9.93. The van der Waals surface area contributed by atoms with Gasteiger partial charge in [-0.1, -0.05) is 24.8 Å². The average Bonchev–Trinajstić information content (AvgIpc) is 3.17. The predicted molar refractivity (Wildman–Crippen MR) is 141 cm³/mol. The van der Waals surface area contributed by atoms with E-state index in [1.165, 1.54) is 0 Å². The molecular formula is C29H34N2O6. The molecule has 2 aliphatic heterocycles. The summed E-state index contributed by atoms with van der Waals surface area (Å²) in [5.41, 5.74) is 2.03. The van der Waals surface area contributed by atoms with Gasteiger partial charge < -0.3 is 24.2 Å². The van der Waals surface area contributed by atoms with Crippen LogP contribution in [0.4, 0.5) is 0 Å². The molecule has 0 radical (unpaired) electrons. The molecule has 8 nitrogen and oxygen atoms in total. The number of benzene rings is 2. The minimum atomic E-state index is -0.702. The Kier molecular flexibility index (Phi) is 8.63. The van der Waals surface area contributed by atoms with E-state index < -0.39 is 17.7 Å². The maximum absolute atomic E-state index is 13.3. The van der Waals surface area contributed by atoms with Gasteiger partial charge in [-0.15, -0.1) is 0 Å². The Morgan fingerprint density at radius 3 is 2.46 bits per heavy atom. The van der Waals surface area contributed by atoms with Crippen LogP contribution in [0.25, 0.3) is 5.76 Å². The van der Waals surface area contributed by atoms with Crippen molar-refractivity contribution in [3.05, 3.63) is 77.4 Å². The van der Waals surface area contributed by atoms with Crippen LogP contribution in [0.3, 0.4) is 0 Å². The number of aliphatic hydroxyl groups excluding tert-OH is 1. The number of likely N-dealkylation sites (tertiary alicyclic amines) is 1. The van der Waals surface area contributed by atoms with E-state index in [-0.39, 0.29) is 11.3 Å². The number of ketones is 1. The Morgan fingerprint density at radius 1 is 1.11 bits per heavy atom. The minimum absolute atomic E-state index is 0.0874. The second kappa shape index (κ2) is 12.1. The second-order valence-electron chi connectivity index (χ2n) is 9.15. The molecule has 0 aromatic heterocycles. The molecule has 8 heteroatoms. The fraction of sp³-hybridized carbons (Fsp3) is 0.379. The van der Waals surface area contributed by atoms with Crippen LogP contribution in [0, 0.1) is 6.92 Å². The molecule has 196 valence electrons. The van der Waals surface area contributed by atoms with E-state index in [2.05, 4.69) is 11.5 Å². The van der Waals surface area contributed by atoms with Crippen LogP contribution in [0.15, 0.2) is 60.7 Å². The first kappa shape index (κ1) is 26.4.